The molecule has 1 amide bonds. The quantitative estimate of drug-likeness (QED) is 0.863. The number of amides is 1. The van der Waals surface area contributed by atoms with Crippen molar-refractivity contribution in [1.29, 1.82) is 0 Å². The fourth-order valence-electron chi connectivity index (χ4n) is 3.49. The maximum Gasteiger partial charge on any atom is 0.254 e. The molecule has 1 aromatic carbocycles. The van der Waals surface area contributed by atoms with Gasteiger partial charge < -0.3 is 10.0 Å². The van der Waals surface area contributed by atoms with Crippen molar-refractivity contribution in [3.63, 3.8) is 0 Å². The second-order valence-corrected chi connectivity index (χ2v) is 6.66. The molecule has 2 saturated heterocycles. The molecule has 0 aromatic heterocycles. The van der Waals surface area contributed by atoms with Gasteiger partial charge in [0.15, 0.2) is 0 Å². The summed E-state index contributed by atoms with van der Waals surface area (Å²) >= 11 is 3.45. The van der Waals surface area contributed by atoms with Gasteiger partial charge in [-0.2, -0.15) is 0 Å². The number of nitrogens with zero attached hydrogens (tertiary/aromatic N) is 1. The lowest BCUT2D eigenvalue weighted by Crippen LogP contribution is -2.48. The van der Waals surface area contributed by atoms with Crippen molar-refractivity contribution in [2.75, 3.05) is 0 Å². The fraction of sp³-hybridized carbons (Fsp3) is 0.533. The van der Waals surface area contributed by atoms with E-state index in [-0.39, 0.29) is 24.1 Å². The Hall–Kier alpha value is -0.870. The molecule has 4 heteroatoms. The molecular formula is C15H18BrNO2. The van der Waals surface area contributed by atoms with Gasteiger partial charge in [0, 0.05) is 22.1 Å². The van der Waals surface area contributed by atoms with Crippen molar-refractivity contribution in [3.05, 3.63) is 33.8 Å². The summed E-state index contributed by atoms with van der Waals surface area (Å²) in [5.74, 6) is 0.115. The van der Waals surface area contributed by atoms with Crippen LogP contribution in [0.15, 0.2) is 22.7 Å². The standard InChI is InChI=1S/C15H18BrNO2/c1-9-4-10(6-11(16)5-9)15(19)17-12-2-3-13(17)8-14(18)7-12/h4-6,12-14,18H,2-3,7-8H2,1H3. The largest absolute Gasteiger partial charge is 0.393 e. The van der Waals surface area contributed by atoms with Crippen LogP contribution in [0, 0.1) is 6.92 Å². The van der Waals surface area contributed by atoms with Crippen LogP contribution >= 0.6 is 15.9 Å². The van der Waals surface area contributed by atoms with Gasteiger partial charge in [0.2, 0.25) is 0 Å². The number of halogens is 1. The van der Waals surface area contributed by atoms with E-state index in [4.69, 9.17) is 0 Å². The Kier molecular flexibility index (Phi) is 3.39. The molecular weight excluding hydrogens is 306 g/mol. The lowest BCUT2D eigenvalue weighted by Gasteiger charge is -2.37. The molecule has 1 aromatic rings. The number of piperidine rings is 1. The number of hydrogen-bond donors (Lipinski definition) is 1. The lowest BCUT2D eigenvalue weighted by molar-refractivity contribution is 0.0287. The second kappa shape index (κ2) is 4.91. The molecule has 2 unspecified atom stereocenters. The topological polar surface area (TPSA) is 40.5 Å². The van der Waals surface area contributed by atoms with Crippen molar-refractivity contribution in [3.8, 4) is 0 Å². The molecule has 1 N–H and O–H groups in total. The minimum absolute atomic E-state index is 0.115. The molecule has 0 radical (unpaired) electrons. The summed E-state index contributed by atoms with van der Waals surface area (Å²) < 4.78 is 0.945. The van der Waals surface area contributed by atoms with Gasteiger partial charge in [-0.1, -0.05) is 15.9 Å². The van der Waals surface area contributed by atoms with Crippen LogP contribution in [-0.2, 0) is 0 Å². The van der Waals surface area contributed by atoms with Gasteiger partial charge in [-0.25, -0.2) is 0 Å². The van der Waals surface area contributed by atoms with Gasteiger partial charge in [0.25, 0.3) is 5.91 Å². The third-order valence-electron chi connectivity index (χ3n) is 4.23. The maximum atomic E-state index is 12.7. The zero-order chi connectivity index (χ0) is 13.6. The van der Waals surface area contributed by atoms with Crippen molar-refractivity contribution in [2.45, 2.75) is 50.8 Å². The molecule has 3 nitrogen and oxygen atoms in total. The van der Waals surface area contributed by atoms with Gasteiger partial charge in [-0.3, -0.25) is 4.79 Å². The molecule has 3 rings (SSSR count). The smallest absolute Gasteiger partial charge is 0.254 e. The third-order valence-corrected chi connectivity index (χ3v) is 4.69. The van der Waals surface area contributed by atoms with Gasteiger partial charge in [-0.05, 0) is 56.4 Å². The van der Waals surface area contributed by atoms with E-state index in [1.807, 2.05) is 30.0 Å². The highest BCUT2D eigenvalue weighted by atomic mass is 79.9. The molecule has 2 heterocycles. The molecule has 2 bridgehead atoms. The molecule has 102 valence electrons. The first kappa shape index (κ1) is 13.1. The first-order chi connectivity index (χ1) is 9.04. The number of aliphatic hydroxyl groups excluding tert-OH is 1. The van der Waals surface area contributed by atoms with E-state index in [2.05, 4.69) is 15.9 Å². The number of aryl methyl sites for hydroxylation is 1. The van der Waals surface area contributed by atoms with E-state index in [9.17, 15) is 9.90 Å². The van der Waals surface area contributed by atoms with Crippen LogP contribution in [0.1, 0.15) is 41.6 Å². The second-order valence-electron chi connectivity index (χ2n) is 5.74. The Bertz CT molecular complexity index is 483. The molecule has 2 fully saturated rings. The number of benzene rings is 1. The molecule has 2 atom stereocenters. The van der Waals surface area contributed by atoms with E-state index in [1.54, 1.807) is 0 Å². The average Bonchev–Trinajstić information content (AvgIpc) is 2.59. The average molecular weight is 324 g/mol. The summed E-state index contributed by atoms with van der Waals surface area (Å²) in [6.45, 7) is 2.00. The molecule has 0 spiro atoms. The third kappa shape index (κ3) is 2.43. The summed E-state index contributed by atoms with van der Waals surface area (Å²) in [6, 6.07) is 6.28. The highest BCUT2D eigenvalue weighted by Crippen LogP contribution is 2.37. The first-order valence-corrected chi connectivity index (χ1v) is 7.62. The number of carbonyl (C=O) groups excluding carboxylic acids is 1. The molecule has 2 aliphatic rings. The van der Waals surface area contributed by atoms with E-state index in [1.165, 1.54) is 0 Å². The maximum absolute atomic E-state index is 12.7. The summed E-state index contributed by atoms with van der Waals surface area (Å²) in [4.78, 5) is 14.7. The monoisotopic (exact) mass is 323 g/mol. The zero-order valence-electron chi connectivity index (χ0n) is 11.0. The Balaban J connectivity index is 1.88. The van der Waals surface area contributed by atoms with Crippen LogP contribution in [-0.4, -0.2) is 34.1 Å². The van der Waals surface area contributed by atoms with Crippen LogP contribution in [0.2, 0.25) is 0 Å². The summed E-state index contributed by atoms with van der Waals surface area (Å²) in [5.41, 5.74) is 1.84. The van der Waals surface area contributed by atoms with E-state index >= 15 is 0 Å². The van der Waals surface area contributed by atoms with Gasteiger partial charge in [-0.15, -0.1) is 0 Å². The van der Waals surface area contributed by atoms with Crippen LogP contribution in [0.25, 0.3) is 0 Å². The van der Waals surface area contributed by atoms with Crippen LogP contribution in [0.4, 0.5) is 0 Å². The molecule has 2 aliphatic heterocycles. The molecule has 0 saturated carbocycles. The fourth-order valence-corrected chi connectivity index (χ4v) is 4.10. The van der Waals surface area contributed by atoms with E-state index < -0.39 is 0 Å². The minimum Gasteiger partial charge on any atom is -0.393 e. The highest BCUT2D eigenvalue weighted by molar-refractivity contribution is 9.10. The van der Waals surface area contributed by atoms with Gasteiger partial charge in [0.1, 0.15) is 0 Å². The number of aliphatic hydroxyl groups is 1. The Morgan fingerprint density at radius 1 is 1.26 bits per heavy atom. The Labute approximate surface area is 121 Å². The van der Waals surface area contributed by atoms with Crippen molar-refractivity contribution < 1.29 is 9.90 Å². The van der Waals surface area contributed by atoms with Gasteiger partial charge >= 0.3 is 0 Å². The highest BCUT2D eigenvalue weighted by Gasteiger charge is 2.42. The van der Waals surface area contributed by atoms with Crippen LogP contribution in [0.5, 0.6) is 0 Å². The number of fused-ring (bicyclic) bond motifs is 2. The zero-order valence-corrected chi connectivity index (χ0v) is 12.6. The molecule has 0 aliphatic carbocycles. The first-order valence-electron chi connectivity index (χ1n) is 6.82. The summed E-state index contributed by atoms with van der Waals surface area (Å²) in [7, 11) is 0. The van der Waals surface area contributed by atoms with Crippen molar-refractivity contribution in [2.24, 2.45) is 0 Å². The van der Waals surface area contributed by atoms with E-state index in [0.717, 1.165) is 41.3 Å². The summed E-state index contributed by atoms with van der Waals surface area (Å²) in [5, 5.41) is 9.80. The van der Waals surface area contributed by atoms with Crippen molar-refractivity contribution >= 4 is 21.8 Å². The van der Waals surface area contributed by atoms with Gasteiger partial charge in [0.05, 0.1) is 6.10 Å². The molecule has 19 heavy (non-hydrogen) atoms. The number of hydrogen-bond acceptors (Lipinski definition) is 2. The minimum atomic E-state index is -0.231. The Morgan fingerprint density at radius 2 is 1.89 bits per heavy atom. The normalized spacial score (nSPS) is 29.6. The number of rotatable bonds is 1. The van der Waals surface area contributed by atoms with E-state index in [0.29, 0.717) is 0 Å². The lowest BCUT2D eigenvalue weighted by atomic mass is 9.98. The predicted octanol–water partition coefficient (Wildman–Crippen LogP) is 2.89. The Morgan fingerprint density at radius 3 is 2.47 bits per heavy atom. The number of carbonyl (C=O) groups is 1. The van der Waals surface area contributed by atoms with Crippen molar-refractivity contribution in [1.82, 2.24) is 4.90 Å². The SMILES string of the molecule is Cc1cc(Br)cc(C(=O)N2C3CCC2CC(O)C3)c1. The van der Waals surface area contributed by atoms with Crippen LogP contribution < -0.4 is 0 Å². The summed E-state index contributed by atoms with van der Waals surface area (Å²) in [6.07, 6.45) is 3.29. The van der Waals surface area contributed by atoms with Crippen LogP contribution in [0.3, 0.4) is 0 Å². The predicted molar refractivity (Wildman–Crippen MR) is 77.1 cm³/mol.